The number of benzene rings is 2. The first-order valence-corrected chi connectivity index (χ1v) is 8.12. The molecule has 2 aromatic rings. The first-order valence-electron chi connectivity index (χ1n) is 8.12. The molecule has 6 nitrogen and oxygen atoms in total. The van der Waals surface area contributed by atoms with Crippen LogP contribution in [0.25, 0.3) is 0 Å². The molecule has 0 unspecified atom stereocenters. The van der Waals surface area contributed by atoms with Gasteiger partial charge in [-0.15, -0.1) is 0 Å². The summed E-state index contributed by atoms with van der Waals surface area (Å²) in [5.74, 6) is 1.36. The van der Waals surface area contributed by atoms with Gasteiger partial charge in [-0.05, 0) is 41.8 Å². The Hall–Kier alpha value is -3.02. The predicted octanol–water partition coefficient (Wildman–Crippen LogP) is 2.28. The third kappa shape index (κ3) is 4.73. The van der Waals surface area contributed by atoms with Gasteiger partial charge in [-0.25, -0.2) is 0 Å². The van der Waals surface area contributed by atoms with Gasteiger partial charge in [0.25, 0.3) is 0 Å². The van der Waals surface area contributed by atoms with Crippen molar-refractivity contribution in [3.05, 3.63) is 53.6 Å². The molecule has 3 rings (SSSR count). The van der Waals surface area contributed by atoms with Gasteiger partial charge in [-0.3, -0.25) is 9.59 Å². The van der Waals surface area contributed by atoms with E-state index in [-0.39, 0.29) is 18.6 Å². The van der Waals surface area contributed by atoms with Crippen molar-refractivity contribution in [2.24, 2.45) is 0 Å². The Labute approximate surface area is 146 Å². The van der Waals surface area contributed by atoms with Crippen LogP contribution in [0.15, 0.2) is 42.5 Å². The molecule has 1 heterocycles. The quantitative estimate of drug-likeness (QED) is 0.846. The number of anilines is 1. The summed E-state index contributed by atoms with van der Waals surface area (Å²) in [6, 6.07) is 13.0. The standard InChI is InChI=1S/C19H20N2O4/c1-13(22)21-16-5-2-14(3-6-16)11-19(23)20-9-8-15-4-7-17-18(10-15)25-12-24-17/h2-7,10H,8-9,11-12H2,1H3,(H,20,23)(H,21,22). The number of hydrogen-bond acceptors (Lipinski definition) is 4. The zero-order valence-electron chi connectivity index (χ0n) is 14.0. The van der Waals surface area contributed by atoms with Gasteiger partial charge < -0.3 is 20.1 Å². The molecule has 1 aliphatic heterocycles. The van der Waals surface area contributed by atoms with Crippen molar-refractivity contribution >= 4 is 17.5 Å². The summed E-state index contributed by atoms with van der Waals surface area (Å²) < 4.78 is 10.6. The molecule has 2 N–H and O–H groups in total. The van der Waals surface area contributed by atoms with E-state index in [9.17, 15) is 9.59 Å². The summed E-state index contributed by atoms with van der Waals surface area (Å²) in [6.45, 7) is 2.28. The van der Waals surface area contributed by atoms with Gasteiger partial charge in [0.15, 0.2) is 11.5 Å². The lowest BCUT2D eigenvalue weighted by Crippen LogP contribution is -2.27. The first kappa shape index (κ1) is 16.8. The molecule has 0 radical (unpaired) electrons. The average molecular weight is 340 g/mol. The van der Waals surface area contributed by atoms with E-state index in [0.29, 0.717) is 13.0 Å². The smallest absolute Gasteiger partial charge is 0.231 e. The topological polar surface area (TPSA) is 76.7 Å². The number of nitrogens with one attached hydrogen (secondary N) is 2. The third-order valence-corrected chi connectivity index (χ3v) is 3.81. The summed E-state index contributed by atoms with van der Waals surface area (Å²) in [5.41, 5.74) is 2.71. The molecule has 0 spiro atoms. The van der Waals surface area contributed by atoms with Gasteiger partial charge >= 0.3 is 0 Å². The summed E-state index contributed by atoms with van der Waals surface area (Å²) in [7, 11) is 0. The van der Waals surface area contributed by atoms with Gasteiger partial charge in [0.05, 0.1) is 6.42 Å². The Morgan fingerprint density at radius 3 is 2.48 bits per heavy atom. The Morgan fingerprint density at radius 2 is 1.72 bits per heavy atom. The molecule has 0 saturated heterocycles. The molecule has 0 aromatic heterocycles. The second kappa shape index (κ2) is 7.70. The summed E-state index contributed by atoms with van der Waals surface area (Å²) in [6.07, 6.45) is 1.03. The molecule has 1 aliphatic rings. The molecule has 0 atom stereocenters. The lowest BCUT2D eigenvalue weighted by molar-refractivity contribution is -0.120. The number of amides is 2. The van der Waals surface area contributed by atoms with Crippen LogP contribution in [0.4, 0.5) is 5.69 Å². The third-order valence-electron chi connectivity index (χ3n) is 3.81. The minimum Gasteiger partial charge on any atom is -0.454 e. The maximum absolute atomic E-state index is 12.0. The Bertz CT molecular complexity index is 771. The van der Waals surface area contributed by atoms with Crippen LogP contribution in [0, 0.1) is 0 Å². The highest BCUT2D eigenvalue weighted by atomic mass is 16.7. The van der Waals surface area contributed by atoms with E-state index in [1.54, 1.807) is 12.1 Å². The van der Waals surface area contributed by atoms with E-state index in [2.05, 4.69) is 10.6 Å². The van der Waals surface area contributed by atoms with Gasteiger partial charge in [0.1, 0.15) is 0 Å². The number of ether oxygens (including phenoxy) is 2. The van der Waals surface area contributed by atoms with Crippen LogP contribution in [0.5, 0.6) is 11.5 Å². The number of fused-ring (bicyclic) bond motifs is 1. The molecular weight excluding hydrogens is 320 g/mol. The highest BCUT2D eigenvalue weighted by molar-refractivity contribution is 5.88. The highest BCUT2D eigenvalue weighted by Gasteiger charge is 2.13. The van der Waals surface area contributed by atoms with Crippen LogP contribution in [0.1, 0.15) is 18.1 Å². The van der Waals surface area contributed by atoms with Crippen molar-refractivity contribution < 1.29 is 19.1 Å². The van der Waals surface area contributed by atoms with Gasteiger partial charge in [0, 0.05) is 19.2 Å². The van der Waals surface area contributed by atoms with E-state index in [1.165, 1.54) is 6.92 Å². The fourth-order valence-electron chi connectivity index (χ4n) is 2.60. The molecule has 0 fully saturated rings. The SMILES string of the molecule is CC(=O)Nc1ccc(CC(=O)NCCc2ccc3c(c2)OCO3)cc1. The van der Waals surface area contributed by atoms with Crippen LogP contribution in [0.2, 0.25) is 0 Å². The molecule has 0 saturated carbocycles. The lowest BCUT2D eigenvalue weighted by atomic mass is 10.1. The number of carbonyl (C=O) groups excluding carboxylic acids is 2. The number of hydrogen-bond donors (Lipinski definition) is 2. The molecule has 25 heavy (non-hydrogen) atoms. The predicted molar refractivity (Wildman–Crippen MR) is 93.7 cm³/mol. The maximum Gasteiger partial charge on any atom is 0.231 e. The normalized spacial score (nSPS) is 11.9. The monoisotopic (exact) mass is 340 g/mol. The van der Waals surface area contributed by atoms with Crippen molar-refractivity contribution in [3.8, 4) is 11.5 Å². The van der Waals surface area contributed by atoms with E-state index in [0.717, 1.165) is 34.7 Å². The molecule has 0 bridgehead atoms. The van der Waals surface area contributed by atoms with E-state index >= 15 is 0 Å². The van der Waals surface area contributed by atoms with Crippen molar-refractivity contribution in [2.45, 2.75) is 19.8 Å². The van der Waals surface area contributed by atoms with Crippen molar-refractivity contribution in [2.75, 3.05) is 18.7 Å². The maximum atomic E-state index is 12.0. The zero-order chi connectivity index (χ0) is 17.6. The van der Waals surface area contributed by atoms with Crippen LogP contribution in [-0.2, 0) is 22.4 Å². The van der Waals surface area contributed by atoms with Crippen LogP contribution >= 0.6 is 0 Å². The number of rotatable bonds is 6. The van der Waals surface area contributed by atoms with Gasteiger partial charge in [0.2, 0.25) is 18.6 Å². The van der Waals surface area contributed by atoms with E-state index < -0.39 is 0 Å². The molecule has 2 aromatic carbocycles. The number of carbonyl (C=O) groups is 2. The van der Waals surface area contributed by atoms with Gasteiger partial charge in [-0.1, -0.05) is 18.2 Å². The zero-order valence-corrected chi connectivity index (χ0v) is 14.0. The van der Waals surface area contributed by atoms with E-state index in [1.807, 2.05) is 30.3 Å². The fourth-order valence-corrected chi connectivity index (χ4v) is 2.60. The summed E-state index contributed by atoms with van der Waals surface area (Å²) in [4.78, 5) is 23.0. The molecular formula is C19H20N2O4. The molecule has 130 valence electrons. The summed E-state index contributed by atoms with van der Waals surface area (Å²) >= 11 is 0. The van der Waals surface area contributed by atoms with Crippen molar-refractivity contribution in [1.82, 2.24) is 5.32 Å². The van der Waals surface area contributed by atoms with Crippen molar-refractivity contribution in [3.63, 3.8) is 0 Å². The second-order valence-electron chi connectivity index (χ2n) is 5.84. The van der Waals surface area contributed by atoms with E-state index in [4.69, 9.17) is 9.47 Å². The van der Waals surface area contributed by atoms with Crippen LogP contribution in [0.3, 0.4) is 0 Å². The second-order valence-corrected chi connectivity index (χ2v) is 5.84. The molecule has 0 aliphatic carbocycles. The fraction of sp³-hybridized carbons (Fsp3) is 0.263. The lowest BCUT2D eigenvalue weighted by Gasteiger charge is -2.07. The Kier molecular flexibility index (Phi) is 5.18. The van der Waals surface area contributed by atoms with Crippen molar-refractivity contribution in [1.29, 1.82) is 0 Å². The van der Waals surface area contributed by atoms with Gasteiger partial charge in [-0.2, -0.15) is 0 Å². The largest absolute Gasteiger partial charge is 0.454 e. The van der Waals surface area contributed by atoms with Crippen LogP contribution < -0.4 is 20.1 Å². The Balaban J connectivity index is 1.44. The minimum absolute atomic E-state index is 0.0342. The van der Waals surface area contributed by atoms with Crippen LogP contribution in [-0.4, -0.2) is 25.2 Å². The Morgan fingerprint density at radius 1 is 1.00 bits per heavy atom. The molecule has 2 amide bonds. The first-order chi connectivity index (χ1) is 12.1. The highest BCUT2D eigenvalue weighted by Crippen LogP contribution is 2.32. The molecule has 6 heteroatoms. The summed E-state index contributed by atoms with van der Waals surface area (Å²) in [5, 5.41) is 5.61. The average Bonchev–Trinajstić information content (AvgIpc) is 3.04. The minimum atomic E-state index is -0.117.